The number of fused-ring (bicyclic) bond motifs is 7. The van der Waals surface area contributed by atoms with Gasteiger partial charge < -0.3 is 19.3 Å². The highest BCUT2D eigenvalue weighted by atomic mass is 32.1. The van der Waals surface area contributed by atoms with Gasteiger partial charge in [-0.25, -0.2) is 0 Å². The van der Waals surface area contributed by atoms with Crippen molar-refractivity contribution in [1.82, 2.24) is 0 Å². The van der Waals surface area contributed by atoms with Gasteiger partial charge in [0.2, 0.25) is 6.79 Å². The normalized spacial score (nSPS) is 14.7. The second-order valence-electron chi connectivity index (χ2n) is 19.8. The van der Waals surface area contributed by atoms with Crippen LogP contribution in [-0.2, 0) is 16.2 Å². The first-order valence-electron chi connectivity index (χ1n) is 20.2. The van der Waals surface area contributed by atoms with Gasteiger partial charge in [-0.3, -0.25) is 0 Å². The molecule has 6 heteroatoms. The van der Waals surface area contributed by atoms with E-state index in [0.717, 1.165) is 17.2 Å². The highest BCUT2D eigenvalue weighted by Gasteiger charge is 2.47. The SMILES string of the molecule is Cc1cc2c3c(c1)N(c1c(C)cc(C(C)(C)C)cc1C)c1c(sc4ccc(C(C)(C)C)cc14)B3c1cc3c(cc1N2c1c(C)cc(C(C)(C)C)cc1C)OCO3. The van der Waals surface area contributed by atoms with E-state index in [1.54, 1.807) is 0 Å². The van der Waals surface area contributed by atoms with Crippen molar-refractivity contribution in [2.75, 3.05) is 16.6 Å². The third-order valence-corrected chi connectivity index (χ3v) is 13.6. The Balaban J connectivity index is 1.42. The summed E-state index contributed by atoms with van der Waals surface area (Å²) in [6.45, 7) is 32.5. The van der Waals surface area contributed by atoms with Crippen molar-refractivity contribution in [3.8, 4) is 11.5 Å². The summed E-state index contributed by atoms with van der Waals surface area (Å²) < 4.78 is 15.0. The molecular weight excluding hydrogens is 703 g/mol. The zero-order valence-corrected chi connectivity index (χ0v) is 36.6. The Morgan fingerprint density at radius 3 is 1.57 bits per heavy atom. The van der Waals surface area contributed by atoms with Crippen LogP contribution in [0.4, 0.5) is 34.1 Å². The molecule has 0 saturated heterocycles. The van der Waals surface area contributed by atoms with Crippen molar-refractivity contribution in [3.63, 3.8) is 0 Å². The lowest BCUT2D eigenvalue weighted by Gasteiger charge is -2.44. The van der Waals surface area contributed by atoms with Crippen molar-refractivity contribution in [3.05, 3.63) is 111 Å². The third-order valence-electron chi connectivity index (χ3n) is 12.3. The molecule has 6 aromatic rings. The summed E-state index contributed by atoms with van der Waals surface area (Å²) in [7, 11) is 0. The maximum absolute atomic E-state index is 6.17. The molecule has 3 aliphatic rings. The fourth-order valence-corrected chi connectivity index (χ4v) is 10.7. The molecule has 5 aromatic carbocycles. The number of thiophene rings is 1. The monoisotopic (exact) mass is 758 g/mol. The fraction of sp³-hybridized carbons (Fsp3) is 0.360. The predicted octanol–water partition coefficient (Wildman–Crippen LogP) is 12.1. The molecule has 0 spiro atoms. The average Bonchev–Trinajstić information content (AvgIpc) is 3.71. The Morgan fingerprint density at radius 1 is 0.536 bits per heavy atom. The molecule has 0 atom stereocenters. The van der Waals surface area contributed by atoms with Gasteiger partial charge in [-0.2, -0.15) is 0 Å². The molecule has 0 radical (unpaired) electrons. The number of anilines is 6. The van der Waals surface area contributed by atoms with Crippen LogP contribution in [0.1, 0.15) is 107 Å². The van der Waals surface area contributed by atoms with Crippen LogP contribution >= 0.6 is 11.3 Å². The molecular formula is C50H55BN2O2S. The van der Waals surface area contributed by atoms with Crippen LogP contribution in [0.2, 0.25) is 0 Å². The predicted molar refractivity (Wildman–Crippen MR) is 242 cm³/mol. The van der Waals surface area contributed by atoms with Crippen LogP contribution in [-0.4, -0.2) is 13.5 Å². The Kier molecular flexibility index (Phi) is 8.02. The minimum Gasteiger partial charge on any atom is -0.454 e. The summed E-state index contributed by atoms with van der Waals surface area (Å²) in [5, 5.41) is 1.32. The molecule has 1 aromatic heterocycles. The van der Waals surface area contributed by atoms with Gasteiger partial charge in [-0.1, -0.05) is 92.6 Å². The molecule has 0 fully saturated rings. The molecule has 0 unspecified atom stereocenters. The second-order valence-corrected chi connectivity index (χ2v) is 20.9. The first-order chi connectivity index (χ1) is 26.2. The van der Waals surface area contributed by atoms with E-state index in [1.165, 1.54) is 98.7 Å². The molecule has 0 N–H and O–H groups in total. The highest BCUT2D eigenvalue weighted by molar-refractivity contribution is 7.33. The molecule has 286 valence electrons. The van der Waals surface area contributed by atoms with Crippen LogP contribution in [0.5, 0.6) is 11.5 Å². The Morgan fingerprint density at radius 2 is 1.04 bits per heavy atom. The zero-order valence-electron chi connectivity index (χ0n) is 35.8. The largest absolute Gasteiger partial charge is 0.454 e. The molecule has 9 rings (SSSR count). The number of nitrogens with zero attached hydrogens (tertiary/aromatic N) is 2. The first kappa shape index (κ1) is 36.9. The molecule has 4 nitrogen and oxygen atoms in total. The van der Waals surface area contributed by atoms with Crippen molar-refractivity contribution in [2.45, 2.75) is 113 Å². The average molecular weight is 759 g/mol. The minimum absolute atomic E-state index is 0.00649. The van der Waals surface area contributed by atoms with E-state index in [1.807, 2.05) is 11.3 Å². The third kappa shape index (κ3) is 5.53. The van der Waals surface area contributed by atoms with Crippen molar-refractivity contribution >= 4 is 78.0 Å². The highest BCUT2D eigenvalue weighted by Crippen LogP contribution is 2.52. The Hall–Kier alpha value is -4.68. The van der Waals surface area contributed by atoms with Crippen LogP contribution in [0.15, 0.2) is 66.7 Å². The van der Waals surface area contributed by atoms with Crippen molar-refractivity contribution < 1.29 is 9.47 Å². The van der Waals surface area contributed by atoms with E-state index < -0.39 is 0 Å². The summed E-state index contributed by atoms with van der Waals surface area (Å²) in [5.41, 5.74) is 20.6. The molecule has 0 aliphatic carbocycles. The Labute approximate surface area is 338 Å². The van der Waals surface area contributed by atoms with Gasteiger partial charge in [-0.05, 0) is 137 Å². The summed E-state index contributed by atoms with van der Waals surface area (Å²) >= 11 is 1.95. The van der Waals surface area contributed by atoms with Crippen molar-refractivity contribution in [2.24, 2.45) is 0 Å². The number of rotatable bonds is 2. The first-order valence-corrected chi connectivity index (χ1v) is 21.0. The molecule has 0 bridgehead atoms. The smallest absolute Gasteiger partial charge is 0.264 e. The number of hydrogen-bond acceptors (Lipinski definition) is 5. The second kappa shape index (κ2) is 12.2. The van der Waals surface area contributed by atoms with Gasteiger partial charge >= 0.3 is 0 Å². The zero-order chi connectivity index (χ0) is 40.0. The minimum atomic E-state index is 0.00649. The van der Waals surface area contributed by atoms with Crippen LogP contribution < -0.4 is 35.0 Å². The van der Waals surface area contributed by atoms with E-state index in [9.17, 15) is 0 Å². The number of ether oxygens (including phenoxy) is 2. The number of benzene rings is 5. The van der Waals surface area contributed by atoms with Gasteiger partial charge in [0.1, 0.15) is 0 Å². The van der Waals surface area contributed by atoms with E-state index in [-0.39, 0.29) is 29.8 Å². The van der Waals surface area contributed by atoms with E-state index in [2.05, 4.69) is 173 Å². The van der Waals surface area contributed by atoms with E-state index in [4.69, 9.17) is 9.47 Å². The van der Waals surface area contributed by atoms with Crippen LogP contribution in [0, 0.1) is 34.6 Å². The topological polar surface area (TPSA) is 24.9 Å². The maximum atomic E-state index is 6.17. The maximum Gasteiger partial charge on any atom is 0.264 e. The fourth-order valence-electron chi connectivity index (χ4n) is 9.43. The molecule has 0 saturated carbocycles. The molecule has 4 heterocycles. The van der Waals surface area contributed by atoms with Gasteiger partial charge in [0.05, 0.1) is 17.1 Å². The van der Waals surface area contributed by atoms with Gasteiger partial charge in [-0.15, -0.1) is 11.3 Å². The van der Waals surface area contributed by atoms with E-state index >= 15 is 0 Å². The van der Waals surface area contributed by atoms with Crippen molar-refractivity contribution in [1.29, 1.82) is 0 Å². The summed E-state index contributed by atoms with van der Waals surface area (Å²) in [4.78, 5) is 5.20. The standard InChI is InChI=1S/C50H55BN2O2S/c1-27-17-38-43-39(18-27)53(45-30(4)21-34(22-31(45)5)50(12,13)14)46-35-23-32(48(6,7)8)15-16-42(35)56-47(46)51(43)36-24-40-41(55-26-54-40)25-37(36)52(38)44-28(2)19-33(20-29(44)3)49(9,10)11/h15-25H,26H2,1-14H3. The molecule has 0 amide bonds. The lowest BCUT2D eigenvalue weighted by molar-refractivity contribution is 0.174. The summed E-state index contributed by atoms with van der Waals surface area (Å²) in [5.74, 6) is 1.63. The van der Waals surface area contributed by atoms with Crippen LogP contribution in [0.3, 0.4) is 0 Å². The molecule has 56 heavy (non-hydrogen) atoms. The number of aryl methyl sites for hydroxylation is 5. The van der Waals surface area contributed by atoms with Gasteiger partial charge in [0.25, 0.3) is 6.71 Å². The molecule has 3 aliphatic heterocycles. The number of hydrogen-bond donors (Lipinski definition) is 0. The van der Waals surface area contributed by atoms with Crippen LogP contribution in [0.25, 0.3) is 10.1 Å². The quantitative estimate of drug-likeness (QED) is 0.164. The van der Waals surface area contributed by atoms with Gasteiger partial charge in [0.15, 0.2) is 11.5 Å². The lowest BCUT2D eigenvalue weighted by atomic mass is 9.36. The lowest BCUT2D eigenvalue weighted by Crippen LogP contribution is -2.60. The Bertz CT molecular complexity index is 2600. The summed E-state index contributed by atoms with van der Waals surface area (Å²) in [6, 6.07) is 26.2. The van der Waals surface area contributed by atoms with E-state index in [0.29, 0.717) is 0 Å². The van der Waals surface area contributed by atoms with Gasteiger partial charge in [0, 0.05) is 38.0 Å². The summed E-state index contributed by atoms with van der Waals surface area (Å²) in [6.07, 6.45) is 0.